The lowest BCUT2D eigenvalue weighted by Crippen LogP contribution is -2.44. The van der Waals surface area contributed by atoms with Crippen molar-refractivity contribution in [3.63, 3.8) is 0 Å². The van der Waals surface area contributed by atoms with Crippen LogP contribution in [0.1, 0.15) is 6.23 Å². The van der Waals surface area contributed by atoms with Crippen molar-refractivity contribution < 1.29 is 23.7 Å². The van der Waals surface area contributed by atoms with Crippen molar-refractivity contribution in [1.82, 2.24) is 9.55 Å². The highest BCUT2D eigenvalue weighted by atomic mass is 32.1. The fraction of sp³-hybridized carbons (Fsp3) is 0.455. The largest absolute Gasteiger partial charge is 0.392 e. The zero-order chi connectivity index (χ0) is 15.1. The number of rotatable bonds is 2. The van der Waals surface area contributed by atoms with Gasteiger partial charge in [-0.3, -0.25) is 9.55 Å². The summed E-state index contributed by atoms with van der Waals surface area (Å²) in [5, 5.41) is 18.9. The molecule has 1 aromatic rings. The van der Waals surface area contributed by atoms with Crippen LogP contribution in [-0.4, -0.2) is 44.2 Å². The molecular formula is C11H10F2N2O4S. The Kier molecular flexibility index (Phi) is 3.75. The van der Waals surface area contributed by atoms with E-state index >= 15 is 0 Å². The quantitative estimate of drug-likeness (QED) is 0.513. The van der Waals surface area contributed by atoms with E-state index in [0.717, 1.165) is 0 Å². The van der Waals surface area contributed by atoms with Crippen molar-refractivity contribution >= 4 is 12.2 Å². The van der Waals surface area contributed by atoms with Gasteiger partial charge >= 0.3 is 5.69 Å². The first-order valence-corrected chi connectivity index (χ1v) is 5.86. The van der Waals surface area contributed by atoms with Crippen molar-refractivity contribution in [3.05, 3.63) is 27.1 Å². The summed E-state index contributed by atoms with van der Waals surface area (Å²) in [5.74, 6) is 0.985. The molecule has 0 radical (unpaired) electrons. The molecule has 1 aromatic heterocycles. The van der Waals surface area contributed by atoms with Gasteiger partial charge in [0.05, 0.1) is 12.8 Å². The lowest BCUT2D eigenvalue weighted by molar-refractivity contribution is -0.0925. The first-order chi connectivity index (χ1) is 9.36. The van der Waals surface area contributed by atoms with Gasteiger partial charge in [0, 0.05) is 0 Å². The number of ether oxygens (including phenoxy) is 1. The maximum Gasteiger partial charge on any atom is 0.328 e. The highest BCUT2D eigenvalue weighted by molar-refractivity contribution is 7.71. The number of aliphatic hydroxyl groups excluding tert-OH is 2. The molecule has 108 valence electrons. The monoisotopic (exact) mass is 304 g/mol. The number of H-pyrrole nitrogens is 1. The molecule has 20 heavy (non-hydrogen) atoms. The van der Waals surface area contributed by atoms with E-state index in [-0.39, 0.29) is 0 Å². The molecule has 0 aliphatic carbocycles. The van der Waals surface area contributed by atoms with Crippen molar-refractivity contribution in [2.24, 2.45) is 0 Å². The summed E-state index contributed by atoms with van der Waals surface area (Å²) in [5.41, 5.74) is -2.92. The molecule has 0 amide bonds. The highest BCUT2D eigenvalue weighted by Gasteiger charge is 2.55. The number of nitrogens with one attached hydrogen (secondary N) is 1. The SMILES string of the molecule is C#C[C@]1(CO)O[C@@H](n2cc(F)c(=S)[nH]c2=O)C(F)[C@H]1O. The molecule has 1 fully saturated rings. The summed E-state index contributed by atoms with van der Waals surface area (Å²) in [4.78, 5) is 13.6. The molecule has 0 bridgehead atoms. The summed E-state index contributed by atoms with van der Waals surface area (Å²) in [6.45, 7) is -0.859. The molecule has 6 nitrogen and oxygen atoms in total. The molecule has 2 heterocycles. The molecule has 4 atom stereocenters. The first kappa shape index (κ1) is 14.8. The molecule has 1 unspecified atom stereocenters. The second-order valence-corrected chi connectivity index (χ2v) is 4.64. The third kappa shape index (κ3) is 2.06. The van der Waals surface area contributed by atoms with Crippen LogP contribution in [0.3, 0.4) is 0 Å². The van der Waals surface area contributed by atoms with Gasteiger partial charge in [0.2, 0.25) is 0 Å². The average Bonchev–Trinajstić information content (AvgIpc) is 2.68. The lowest BCUT2D eigenvalue weighted by atomic mass is 9.98. The highest BCUT2D eigenvalue weighted by Crippen LogP contribution is 2.37. The molecule has 1 aliphatic rings. The number of aromatic nitrogens is 2. The third-order valence-corrected chi connectivity index (χ3v) is 3.36. The first-order valence-electron chi connectivity index (χ1n) is 5.46. The number of terminal acetylenes is 1. The number of halogens is 2. The second-order valence-electron chi connectivity index (χ2n) is 4.23. The lowest BCUT2D eigenvalue weighted by Gasteiger charge is -2.23. The minimum absolute atomic E-state index is 0.439. The van der Waals surface area contributed by atoms with Gasteiger partial charge in [-0.1, -0.05) is 18.1 Å². The van der Waals surface area contributed by atoms with Crippen LogP contribution >= 0.6 is 12.2 Å². The minimum Gasteiger partial charge on any atom is -0.392 e. The summed E-state index contributed by atoms with van der Waals surface area (Å²) in [6, 6.07) is 0. The number of hydrogen-bond acceptors (Lipinski definition) is 5. The van der Waals surface area contributed by atoms with Crippen LogP contribution in [0.2, 0.25) is 0 Å². The van der Waals surface area contributed by atoms with Crippen LogP contribution in [0.15, 0.2) is 11.0 Å². The third-order valence-electron chi connectivity index (χ3n) is 3.06. The Morgan fingerprint density at radius 2 is 2.35 bits per heavy atom. The normalized spacial score (nSPS) is 33.0. The van der Waals surface area contributed by atoms with E-state index in [2.05, 4.69) is 12.2 Å². The smallest absolute Gasteiger partial charge is 0.328 e. The summed E-state index contributed by atoms with van der Waals surface area (Å²) >= 11 is 4.52. The van der Waals surface area contributed by atoms with Crippen LogP contribution in [0.4, 0.5) is 8.78 Å². The molecule has 9 heteroatoms. The van der Waals surface area contributed by atoms with Gasteiger partial charge in [0.15, 0.2) is 23.8 Å². The summed E-state index contributed by atoms with van der Waals surface area (Å²) in [6.07, 6.45) is 0.100. The Morgan fingerprint density at radius 1 is 1.70 bits per heavy atom. The van der Waals surface area contributed by atoms with E-state index in [1.165, 1.54) is 0 Å². The molecule has 1 saturated heterocycles. The van der Waals surface area contributed by atoms with Crippen molar-refractivity contribution in [1.29, 1.82) is 0 Å². The predicted octanol–water partition coefficient (Wildman–Crippen LogP) is -0.363. The number of aliphatic hydroxyl groups is 2. The van der Waals surface area contributed by atoms with Gasteiger partial charge in [0.1, 0.15) is 10.7 Å². The summed E-state index contributed by atoms with van der Waals surface area (Å²) in [7, 11) is 0. The molecule has 3 N–H and O–H groups in total. The summed E-state index contributed by atoms with van der Waals surface area (Å²) < 4.78 is 32.6. The zero-order valence-electron chi connectivity index (χ0n) is 9.92. The van der Waals surface area contributed by atoms with Gasteiger partial charge in [0.25, 0.3) is 0 Å². The van der Waals surface area contributed by atoms with E-state index in [9.17, 15) is 18.7 Å². The maximum absolute atomic E-state index is 14.0. The van der Waals surface area contributed by atoms with Crippen LogP contribution in [0, 0.1) is 22.8 Å². The van der Waals surface area contributed by atoms with Crippen LogP contribution in [0.5, 0.6) is 0 Å². The molecule has 0 spiro atoms. The number of nitrogens with zero attached hydrogens (tertiary/aromatic N) is 1. The fourth-order valence-electron chi connectivity index (χ4n) is 1.92. The van der Waals surface area contributed by atoms with Crippen LogP contribution < -0.4 is 5.69 Å². The van der Waals surface area contributed by atoms with Gasteiger partial charge in [-0.15, -0.1) is 6.42 Å². The average molecular weight is 304 g/mol. The van der Waals surface area contributed by atoms with E-state index in [1.807, 2.05) is 10.9 Å². The standard InChI is InChI=1S/C11H10F2N2O4S/c1-2-11(4-16)7(17)6(13)9(19-11)15-3-5(12)8(20)14-10(15)18/h1,3,6-7,9,16-17H,4H2,(H,14,18,20)/t6?,7-,9-,11-/m1/s1. The van der Waals surface area contributed by atoms with E-state index in [4.69, 9.17) is 16.3 Å². The number of alkyl halides is 1. The topological polar surface area (TPSA) is 87.5 Å². The van der Waals surface area contributed by atoms with Gasteiger partial charge < -0.3 is 14.9 Å². The molecule has 2 rings (SSSR count). The maximum atomic E-state index is 14.0. The van der Waals surface area contributed by atoms with Crippen molar-refractivity contribution in [3.8, 4) is 12.3 Å². The number of aromatic amines is 1. The second kappa shape index (κ2) is 5.06. The van der Waals surface area contributed by atoms with Gasteiger partial charge in [-0.2, -0.15) is 0 Å². The van der Waals surface area contributed by atoms with Gasteiger partial charge in [-0.25, -0.2) is 13.6 Å². The molecule has 1 aliphatic heterocycles. The van der Waals surface area contributed by atoms with Crippen molar-refractivity contribution in [2.45, 2.75) is 24.1 Å². The molecular weight excluding hydrogens is 294 g/mol. The molecule has 0 aromatic carbocycles. The predicted molar refractivity (Wildman–Crippen MR) is 65.5 cm³/mol. The van der Waals surface area contributed by atoms with Crippen LogP contribution in [0.25, 0.3) is 0 Å². The Balaban J connectivity index is 2.51. The zero-order valence-corrected chi connectivity index (χ0v) is 10.7. The fourth-order valence-corrected chi connectivity index (χ4v) is 2.06. The van der Waals surface area contributed by atoms with E-state index < -0.39 is 46.9 Å². The Labute approximate surface area is 116 Å². The Hall–Kier alpha value is -1.60. The number of hydrogen-bond donors (Lipinski definition) is 3. The van der Waals surface area contributed by atoms with Crippen LogP contribution in [-0.2, 0) is 4.74 Å². The minimum atomic E-state index is -2.13. The van der Waals surface area contributed by atoms with Gasteiger partial charge in [-0.05, 0) is 0 Å². The Morgan fingerprint density at radius 3 is 2.85 bits per heavy atom. The molecule has 0 saturated carbocycles. The van der Waals surface area contributed by atoms with E-state index in [1.54, 1.807) is 0 Å². The van der Waals surface area contributed by atoms with E-state index in [0.29, 0.717) is 10.8 Å². The Bertz CT molecular complexity index is 682. The van der Waals surface area contributed by atoms with Crippen molar-refractivity contribution in [2.75, 3.05) is 6.61 Å².